The monoisotopic (exact) mass is 175 g/mol. The minimum absolute atomic E-state index is 0.536. The summed E-state index contributed by atoms with van der Waals surface area (Å²) in [4.78, 5) is 0. The zero-order valence-electron chi connectivity index (χ0n) is 7.06. The van der Waals surface area contributed by atoms with Gasteiger partial charge in [-0.1, -0.05) is 6.08 Å². The molecular formula is C10H9NO2. The summed E-state index contributed by atoms with van der Waals surface area (Å²) in [5.41, 5.74) is 1.46. The van der Waals surface area contributed by atoms with Crippen LogP contribution in [0, 0.1) is 5.21 Å². The molecule has 0 spiro atoms. The molecule has 1 aromatic carbocycles. The first-order valence-corrected chi connectivity index (χ1v) is 3.98. The van der Waals surface area contributed by atoms with Crippen LogP contribution >= 0.6 is 0 Å². The SMILES string of the molecule is C=[N+]([O-])c1ccc2c(c1)C=CCO2. The Balaban J connectivity index is 2.48. The summed E-state index contributed by atoms with van der Waals surface area (Å²) in [5, 5.41) is 10.9. The van der Waals surface area contributed by atoms with Crippen LogP contribution in [0.3, 0.4) is 0 Å². The van der Waals surface area contributed by atoms with Gasteiger partial charge in [-0.15, -0.1) is 0 Å². The van der Waals surface area contributed by atoms with Gasteiger partial charge >= 0.3 is 0 Å². The van der Waals surface area contributed by atoms with Gasteiger partial charge in [0.1, 0.15) is 19.1 Å². The van der Waals surface area contributed by atoms with Crippen molar-refractivity contribution in [3.63, 3.8) is 0 Å². The average Bonchev–Trinajstić information content (AvgIpc) is 2.17. The molecule has 0 saturated heterocycles. The Hall–Kier alpha value is -1.77. The first kappa shape index (κ1) is 7.86. The highest BCUT2D eigenvalue weighted by Gasteiger charge is 2.08. The molecule has 3 heteroatoms. The molecule has 1 aromatic rings. The van der Waals surface area contributed by atoms with Crippen LogP contribution in [0.25, 0.3) is 6.08 Å². The van der Waals surface area contributed by atoms with Crippen LogP contribution in [0.2, 0.25) is 0 Å². The maximum atomic E-state index is 10.9. The molecule has 0 aromatic heterocycles. The lowest BCUT2D eigenvalue weighted by Crippen LogP contribution is -2.00. The Morgan fingerprint density at radius 1 is 1.46 bits per heavy atom. The van der Waals surface area contributed by atoms with E-state index in [1.54, 1.807) is 18.2 Å². The molecule has 0 aliphatic carbocycles. The third-order valence-electron chi connectivity index (χ3n) is 1.91. The van der Waals surface area contributed by atoms with Crippen molar-refractivity contribution >= 4 is 18.5 Å². The zero-order chi connectivity index (χ0) is 9.26. The molecule has 2 rings (SSSR count). The van der Waals surface area contributed by atoms with E-state index in [4.69, 9.17) is 4.74 Å². The van der Waals surface area contributed by atoms with E-state index in [0.717, 1.165) is 11.3 Å². The normalized spacial score (nSPS) is 13.2. The summed E-state index contributed by atoms with van der Waals surface area (Å²) in [6.45, 7) is 3.87. The minimum Gasteiger partial charge on any atom is -0.619 e. The highest BCUT2D eigenvalue weighted by atomic mass is 16.5. The van der Waals surface area contributed by atoms with Crippen molar-refractivity contribution in [2.75, 3.05) is 6.61 Å². The Labute approximate surface area is 76.2 Å². The predicted octanol–water partition coefficient (Wildman–Crippen LogP) is 1.93. The topological polar surface area (TPSA) is 35.3 Å². The van der Waals surface area contributed by atoms with Gasteiger partial charge in [0.25, 0.3) is 0 Å². The second-order valence-corrected chi connectivity index (χ2v) is 2.81. The van der Waals surface area contributed by atoms with Crippen molar-refractivity contribution in [3.05, 3.63) is 35.0 Å². The summed E-state index contributed by atoms with van der Waals surface area (Å²) in [6.07, 6.45) is 3.84. The number of ether oxygens (including phenoxy) is 1. The molecule has 0 amide bonds. The zero-order valence-corrected chi connectivity index (χ0v) is 7.06. The highest BCUT2D eigenvalue weighted by molar-refractivity contribution is 5.62. The van der Waals surface area contributed by atoms with E-state index in [0.29, 0.717) is 17.0 Å². The molecule has 13 heavy (non-hydrogen) atoms. The highest BCUT2D eigenvalue weighted by Crippen LogP contribution is 2.27. The molecule has 0 unspecified atom stereocenters. The van der Waals surface area contributed by atoms with Gasteiger partial charge in [0, 0.05) is 17.7 Å². The van der Waals surface area contributed by atoms with Crippen molar-refractivity contribution in [2.45, 2.75) is 0 Å². The van der Waals surface area contributed by atoms with Gasteiger partial charge in [-0.2, -0.15) is 4.74 Å². The molecule has 1 aliphatic rings. The maximum Gasteiger partial charge on any atom is 0.216 e. The lowest BCUT2D eigenvalue weighted by molar-refractivity contribution is -0.349. The summed E-state index contributed by atoms with van der Waals surface area (Å²) in [6, 6.07) is 5.23. The first-order chi connectivity index (χ1) is 6.27. The fourth-order valence-corrected chi connectivity index (χ4v) is 1.27. The summed E-state index contributed by atoms with van der Waals surface area (Å²) >= 11 is 0. The second-order valence-electron chi connectivity index (χ2n) is 2.81. The van der Waals surface area contributed by atoms with Crippen LogP contribution in [0.5, 0.6) is 5.75 Å². The van der Waals surface area contributed by atoms with Gasteiger partial charge in [-0.3, -0.25) is 0 Å². The molecule has 0 fully saturated rings. The number of rotatable bonds is 1. The third kappa shape index (κ3) is 1.40. The summed E-state index contributed by atoms with van der Waals surface area (Å²) in [5.74, 6) is 0.813. The average molecular weight is 175 g/mol. The van der Waals surface area contributed by atoms with E-state index in [9.17, 15) is 5.21 Å². The van der Waals surface area contributed by atoms with Crippen molar-refractivity contribution < 1.29 is 9.48 Å². The third-order valence-corrected chi connectivity index (χ3v) is 1.91. The summed E-state index contributed by atoms with van der Waals surface area (Å²) in [7, 11) is 0. The quantitative estimate of drug-likeness (QED) is 0.283. The molecule has 0 bridgehead atoms. The number of hydrogen-bond donors (Lipinski definition) is 0. The molecule has 66 valence electrons. The van der Waals surface area contributed by atoms with Gasteiger partial charge in [-0.05, 0) is 12.1 Å². The molecule has 0 radical (unpaired) electrons. The van der Waals surface area contributed by atoms with Gasteiger partial charge in [0.05, 0.1) is 0 Å². The van der Waals surface area contributed by atoms with Crippen molar-refractivity contribution in [2.24, 2.45) is 0 Å². The number of fused-ring (bicyclic) bond motifs is 1. The standard InChI is InChI=1S/C10H9NO2/c1-11(12)9-4-5-10-8(7-9)3-2-6-13-10/h2-5,7H,1,6H2. The van der Waals surface area contributed by atoms with Crippen LogP contribution in [0.4, 0.5) is 5.69 Å². The lowest BCUT2D eigenvalue weighted by atomic mass is 10.1. The fourth-order valence-electron chi connectivity index (χ4n) is 1.27. The largest absolute Gasteiger partial charge is 0.619 e. The van der Waals surface area contributed by atoms with Crippen molar-refractivity contribution in [1.82, 2.24) is 0 Å². The lowest BCUT2D eigenvalue weighted by Gasteiger charge is -2.12. The molecule has 0 saturated carbocycles. The number of nitrogens with zero attached hydrogens (tertiary/aromatic N) is 1. The van der Waals surface area contributed by atoms with Crippen molar-refractivity contribution in [3.8, 4) is 5.75 Å². The second kappa shape index (κ2) is 2.94. The van der Waals surface area contributed by atoms with Crippen LogP contribution < -0.4 is 4.74 Å². The van der Waals surface area contributed by atoms with Crippen LogP contribution in [0.15, 0.2) is 24.3 Å². The Kier molecular flexibility index (Phi) is 1.77. The predicted molar refractivity (Wildman–Crippen MR) is 51.4 cm³/mol. The first-order valence-electron chi connectivity index (χ1n) is 3.98. The van der Waals surface area contributed by atoms with Crippen LogP contribution in [-0.4, -0.2) is 18.1 Å². The van der Waals surface area contributed by atoms with Gasteiger partial charge < -0.3 is 9.94 Å². The van der Waals surface area contributed by atoms with E-state index in [-0.39, 0.29) is 0 Å². The summed E-state index contributed by atoms with van der Waals surface area (Å²) < 4.78 is 5.92. The van der Waals surface area contributed by atoms with E-state index < -0.39 is 0 Å². The van der Waals surface area contributed by atoms with Gasteiger partial charge in [0.15, 0.2) is 0 Å². The molecule has 3 nitrogen and oxygen atoms in total. The molecule has 0 atom stereocenters. The molecule has 1 heterocycles. The maximum absolute atomic E-state index is 10.9. The number of hydrogen-bond acceptors (Lipinski definition) is 2. The molecule has 0 N–H and O–H groups in total. The van der Waals surface area contributed by atoms with Crippen LogP contribution in [-0.2, 0) is 0 Å². The van der Waals surface area contributed by atoms with Crippen LogP contribution in [0.1, 0.15) is 5.56 Å². The van der Waals surface area contributed by atoms with E-state index >= 15 is 0 Å². The Morgan fingerprint density at radius 3 is 3.08 bits per heavy atom. The van der Waals surface area contributed by atoms with E-state index in [1.165, 1.54) is 0 Å². The van der Waals surface area contributed by atoms with Gasteiger partial charge in [-0.25, -0.2) is 0 Å². The number of benzene rings is 1. The Bertz CT molecular complexity index is 383. The van der Waals surface area contributed by atoms with Crippen molar-refractivity contribution in [1.29, 1.82) is 0 Å². The fraction of sp³-hybridized carbons (Fsp3) is 0.100. The Morgan fingerprint density at radius 2 is 2.31 bits per heavy atom. The molecule has 1 aliphatic heterocycles. The minimum atomic E-state index is 0.536. The smallest absolute Gasteiger partial charge is 0.216 e. The van der Waals surface area contributed by atoms with Gasteiger partial charge in [0.2, 0.25) is 5.69 Å². The van der Waals surface area contributed by atoms with E-state index in [1.807, 2.05) is 12.2 Å². The van der Waals surface area contributed by atoms with E-state index in [2.05, 4.69) is 6.72 Å². The molecular weight excluding hydrogens is 166 g/mol.